The third-order valence-corrected chi connectivity index (χ3v) is 17.0. The SMILES string of the molecule is CCCCCCC/C=C\C/C=C\CCCCCCCCCCCCCC(=O)OCC(COC(=O)CCCCCCCCCCCCCCCCCCCCCC)OC(=O)CCCCCCCCCCCCCCCCCCCCCC. The molecule has 0 saturated carbocycles. The summed E-state index contributed by atoms with van der Waals surface area (Å²) in [7, 11) is 0. The zero-order valence-corrected chi connectivity index (χ0v) is 55.1. The van der Waals surface area contributed by atoms with E-state index in [0.29, 0.717) is 19.3 Å². The van der Waals surface area contributed by atoms with Crippen molar-refractivity contribution in [2.24, 2.45) is 0 Å². The highest BCUT2D eigenvalue weighted by atomic mass is 16.6. The second-order valence-electron chi connectivity index (χ2n) is 25.2. The van der Waals surface area contributed by atoms with Crippen molar-refractivity contribution in [3.05, 3.63) is 24.3 Å². The molecule has 0 heterocycles. The summed E-state index contributed by atoms with van der Waals surface area (Å²) in [5, 5.41) is 0. The van der Waals surface area contributed by atoms with Gasteiger partial charge in [-0.15, -0.1) is 0 Å². The number of rotatable bonds is 69. The quantitative estimate of drug-likeness (QED) is 0.0261. The van der Waals surface area contributed by atoms with Crippen molar-refractivity contribution < 1.29 is 28.6 Å². The van der Waals surface area contributed by atoms with Gasteiger partial charge in [0.2, 0.25) is 0 Å². The zero-order valence-electron chi connectivity index (χ0n) is 55.1. The van der Waals surface area contributed by atoms with Gasteiger partial charge in [0.25, 0.3) is 0 Å². The molecular weight excluding hydrogens is 997 g/mol. The molecule has 0 amide bonds. The van der Waals surface area contributed by atoms with E-state index in [-0.39, 0.29) is 31.1 Å². The van der Waals surface area contributed by atoms with E-state index < -0.39 is 6.10 Å². The van der Waals surface area contributed by atoms with Gasteiger partial charge < -0.3 is 14.2 Å². The normalized spacial score (nSPS) is 12.1. The Balaban J connectivity index is 4.29. The Kier molecular flexibility index (Phi) is 68.5. The Morgan fingerprint density at radius 3 is 0.679 bits per heavy atom. The molecular formula is C75H142O6. The summed E-state index contributed by atoms with van der Waals surface area (Å²) in [5.41, 5.74) is 0. The van der Waals surface area contributed by atoms with Crippen LogP contribution in [-0.4, -0.2) is 37.2 Å². The number of allylic oxidation sites excluding steroid dienone is 4. The third-order valence-electron chi connectivity index (χ3n) is 17.0. The van der Waals surface area contributed by atoms with Crippen LogP contribution in [0.2, 0.25) is 0 Å². The molecule has 0 radical (unpaired) electrons. The van der Waals surface area contributed by atoms with E-state index in [1.54, 1.807) is 0 Å². The second-order valence-corrected chi connectivity index (χ2v) is 25.2. The fourth-order valence-electron chi connectivity index (χ4n) is 11.4. The van der Waals surface area contributed by atoms with Crippen LogP contribution in [0.3, 0.4) is 0 Å². The van der Waals surface area contributed by atoms with Gasteiger partial charge in [-0.05, 0) is 51.4 Å². The van der Waals surface area contributed by atoms with Crippen molar-refractivity contribution in [1.29, 1.82) is 0 Å². The van der Waals surface area contributed by atoms with Gasteiger partial charge in [-0.25, -0.2) is 0 Å². The molecule has 0 N–H and O–H groups in total. The van der Waals surface area contributed by atoms with Gasteiger partial charge in [0, 0.05) is 19.3 Å². The molecule has 0 saturated heterocycles. The Bertz CT molecular complexity index is 1310. The van der Waals surface area contributed by atoms with E-state index >= 15 is 0 Å². The number of carbonyl (C=O) groups is 3. The molecule has 0 aliphatic heterocycles. The van der Waals surface area contributed by atoms with Gasteiger partial charge in [-0.1, -0.05) is 373 Å². The van der Waals surface area contributed by atoms with Gasteiger partial charge in [0.1, 0.15) is 13.2 Å². The predicted octanol–water partition coefficient (Wildman–Crippen LogP) is 25.3. The van der Waals surface area contributed by atoms with Crippen LogP contribution in [0, 0.1) is 0 Å². The van der Waals surface area contributed by atoms with Crippen LogP contribution in [-0.2, 0) is 28.6 Å². The fraction of sp³-hybridized carbons (Fsp3) is 0.907. The van der Waals surface area contributed by atoms with Gasteiger partial charge in [0.15, 0.2) is 6.10 Å². The molecule has 1 atom stereocenters. The maximum Gasteiger partial charge on any atom is 0.306 e. The summed E-state index contributed by atoms with van der Waals surface area (Å²) in [4.78, 5) is 38.5. The molecule has 0 bridgehead atoms. The first-order valence-electron chi connectivity index (χ1n) is 36.8. The van der Waals surface area contributed by atoms with E-state index in [1.807, 2.05) is 0 Å². The number of carbonyl (C=O) groups excluding carboxylic acids is 3. The van der Waals surface area contributed by atoms with E-state index in [2.05, 4.69) is 45.1 Å². The predicted molar refractivity (Wildman–Crippen MR) is 353 cm³/mol. The van der Waals surface area contributed by atoms with Crippen molar-refractivity contribution >= 4 is 17.9 Å². The molecule has 6 nitrogen and oxygen atoms in total. The molecule has 478 valence electrons. The molecule has 0 spiro atoms. The lowest BCUT2D eigenvalue weighted by molar-refractivity contribution is -0.167. The zero-order chi connectivity index (χ0) is 58.5. The van der Waals surface area contributed by atoms with Crippen molar-refractivity contribution in [3.63, 3.8) is 0 Å². The number of hydrogen-bond donors (Lipinski definition) is 0. The van der Waals surface area contributed by atoms with E-state index in [0.717, 1.165) is 64.2 Å². The Morgan fingerprint density at radius 2 is 0.444 bits per heavy atom. The molecule has 1 unspecified atom stereocenters. The maximum absolute atomic E-state index is 13.0. The van der Waals surface area contributed by atoms with Gasteiger partial charge in [-0.3, -0.25) is 14.4 Å². The third kappa shape index (κ3) is 68.6. The minimum atomic E-state index is -0.769. The maximum atomic E-state index is 13.0. The fourth-order valence-corrected chi connectivity index (χ4v) is 11.4. The largest absolute Gasteiger partial charge is 0.462 e. The molecule has 0 aromatic heterocycles. The Morgan fingerprint density at radius 1 is 0.247 bits per heavy atom. The standard InChI is InChI=1S/C75H142O6/c1-4-7-10-13-16-19-22-25-28-31-34-37-38-39-42-44-47-50-53-56-59-62-65-68-74(77)80-71-72(81-75(78)69-66-63-60-57-54-51-48-45-41-36-33-30-27-24-21-18-15-12-9-6-3)70-79-73(76)67-64-61-58-55-52-49-46-43-40-35-32-29-26-23-20-17-14-11-8-5-2/h22,25,31,34,72H,4-21,23-24,26-30,32-33,35-71H2,1-3H3/b25-22-,34-31-. The highest BCUT2D eigenvalue weighted by Gasteiger charge is 2.20. The topological polar surface area (TPSA) is 78.9 Å². The minimum Gasteiger partial charge on any atom is -0.462 e. The highest BCUT2D eigenvalue weighted by Crippen LogP contribution is 2.19. The van der Waals surface area contributed by atoms with Gasteiger partial charge >= 0.3 is 17.9 Å². The average molecular weight is 1140 g/mol. The Labute approximate surface area is 506 Å². The molecule has 0 rings (SSSR count). The lowest BCUT2D eigenvalue weighted by Crippen LogP contribution is -2.30. The molecule has 0 aromatic rings. The van der Waals surface area contributed by atoms with Crippen LogP contribution in [0.25, 0.3) is 0 Å². The number of esters is 3. The van der Waals surface area contributed by atoms with Crippen molar-refractivity contribution in [2.45, 2.75) is 425 Å². The first-order chi connectivity index (χ1) is 40.0. The van der Waals surface area contributed by atoms with E-state index in [9.17, 15) is 14.4 Å². The number of unbranched alkanes of at least 4 members (excludes halogenated alkanes) is 54. The molecule has 0 aliphatic rings. The first-order valence-corrected chi connectivity index (χ1v) is 36.8. The van der Waals surface area contributed by atoms with Crippen molar-refractivity contribution in [2.75, 3.05) is 13.2 Å². The highest BCUT2D eigenvalue weighted by molar-refractivity contribution is 5.71. The number of ether oxygens (including phenoxy) is 3. The van der Waals surface area contributed by atoms with Crippen molar-refractivity contribution in [1.82, 2.24) is 0 Å². The van der Waals surface area contributed by atoms with Crippen LogP contribution >= 0.6 is 0 Å². The van der Waals surface area contributed by atoms with Crippen LogP contribution in [0.15, 0.2) is 24.3 Å². The summed E-state index contributed by atoms with van der Waals surface area (Å²) in [5.74, 6) is -0.828. The average Bonchev–Trinajstić information content (AvgIpc) is 3.47. The van der Waals surface area contributed by atoms with E-state index in [4.69, 9.17) is 14.2 Å². The monoisotopic (exact) mass is 1140 g/mol. The van der Waals surface area contributed by atoms with Gasteiger partial charge in [0.05, 0.1) is 0 Å². The summed E-state index contributed by atoms with van der Waals surface area (Å²) in [6.45, 7) is 6.73. The second kappa shape index (κ2) is 70.4. The molecule has 0 fully saturated rings. The summed E-state index contributed by atoms with van der Waals surface area (Å²) >= 11 is 0. The first kappa shape index (κ1) is 78.9. The van der Waals surface area contributed by atoms with Crippen LogP contribution in [0.5, 0.6) is 0 Å². The summed E-state index contributed by atoms with van der Waals surface area (Å²) in [6.07, 6.45) is 86.3. The smallest absolute Gasteiger partial charge is 0.306 e. The van der Waals surface area contributed by atoms with Crippen LogP contribution in [0.1, 0.15) is 419 Å². The minimum absolute atomic E-state index is 0.0644. The van der Waals surface area contributed by atoms with Crippen LogP contribution < -0.4 is 0 Å². The summed E-state index contributed by atoms with van der Waals surface area (Å²) < 4.78 is 17.0. The molecule has 6 heteroatoms. The Hall–Kier alpha value is -2.11. The van der Waals surface area contributed by atoms with Crippen LogP contribution in [0.4, 0.5) is 0 Å². The van der Waals surface area contributed by atoms with Crippen molar-refractivity contribution in [3.8, 4) is 0 Å². The van der Waals surface area contributed by atoms with E-state index in [1.165, 1.54) is 315 Å². The number of hydrogen-bond acceptors (Lipinski definition) is 6. The molecule has 0 aliphatic carbocycles. The van der Waals surface area contributed by atoms with Gasteiger partial charge in [-0.2, -0.15) is 0 Å². The lowest BCUT2D eigenvalue weighted by Gasteiger charge is -2.18. The summed E-state index contributed by atoms with van der Waals surface area (Å²) in [6, 6.07) is 0. The molecule has 81 heavy (non-hydrogen) atoms. The lowest BCUT2D eigenvalue weighted by atomic mass is 10.0. The molecule has 0 aromatic carbocycles.